The first-order valence-electron chi connectivity index (χ1n) is 7.89. The second-order valence-corrected chi connectivity index (χ2v) is 5.85. The third-order valence-electron chi connectivity index (χ3n) is 3.56. The van der Waals surface area contributed by atoms with Crippen LogP contribution in [0.25, 0.3) is 0 Å². The molecule has 0 radical (unpaired) electrons. The maximum Gasteiger partial charge on any atom is 0.224 e. The summed E-state index contributed by atoms with van der Waals surface area (Å²) in [4.78, 5) is 24.0. The molecule has 3 N–H and O–H groups in total. The Kier molecular flexibility index (Phi) is 6.00. The van der Waals surface area contributed by atoms with Gasteiger partial charge in [0.15, 0.2) is 5.82 Å². The van der Waals surface area contributed by atoms with Crippen LogP contribution in [-0.4, -0.2) is 32.4 Å². The zero-order valence-corrected chi connectivity index (χ0v) is 14.0. The Morgan fingerprint density at radius 3 is 2.50 bits per heavy atom. The lowest BCUT2D eigenvalue weighted by Gasteiger charge is -2.14. The van der Waals surface area contributed by atoms with E-state index in [-0.39, 0.29) is 30.7 Å². The van der Waals surface area contributed by atoms with E-state index in [0.717, 1.165) is 11.3 Å². The molecule has 0 aliphatic carbocycles. The number of hydrogen-bond acceptors (Lipinski definition) is 5. The molecule has 2 rings (SSSR count). The Morgan fingerprint density at radius 1 is 1.12 bits per heavy atom. The van der Waals surface area contributed by atoms with Crippen LogP contribution in [0.1, 0.15) is 57.0 Å². The van der Waals surface area contributed by atoms with E-state index in [9.17, 15) is 9.59 Å². The Bertz CT molecular complexity index is 684. The van der Waals surface area contributed by atoms with Gasteiger partial charge in [-0.25, -0.2) is 0 Å². The molecule has 128 valence electrons. The molecular weight excluding hydrogens is 308 g/mol. The van der Waals surface area contributed by atoms with E-state index in [0.29, 0.717) is 11.7 Å². The zero-order chi connectivity index (χ0) is 17.5. The van der Waals surface area contributed by atoms with Crippen molar-refractivity contribution < 1.29 is 9.59 Å². The molecule has 0 fully saturated rings. The maximum absolute atomic E-state index is 12.1. The minimum absolute atomic E-state index is 0.0951. The summed E-state index contributed by atoms with van der Waals surface area (Å²) >= 11 is 0. The average molecular weight is 330 g/mol. The highest BCUT2D eigenvalue weighted by atomic mass is 16.2. The second-order valence-electron chi connectivity index (χ2n) is 5.85. The van der Waals surface area contributed by atoms with Gasteiger partial charge in [0.25, 0.3) is 0 Å². The number of nitrogens with zero attached hydrogens (tertiary/aromatic N) is 3. The van der Waals surface area contributed by atoms with Crippen LogP contribution in [0.3, 0.4) is 0 Å². The predicted octanol–water partition coefficient (Wildman–Crippen LogP) is 1.92. The Hall–Kier alpha value is -2.77. The summed E-state index contributed by atoms with van der Waals surface area (Å²) in [6.07, 6.45) is 0.203. The van der Waals surface area contributed by atoms with Crippen LogP contribution in [0.2, 0.25) is 0 Å². The van der Waals surface area contributed by atoms with Gasteiger partial charge in [-0.15, -0.1) is 10.2 Å². The van der Waals surface area contributed by atoms with Crippen molar-refractivity contribution in [3.8, 4) is 0 Å². The van der Waals surface area contributed by atoms with Crippen LogP contribution in [0, 0.1) is 0 Å². The van der Waals surface area contributed by atoms with E-state index >= 15 is 0 Å². The Balaban J connectivity index is 1.82. The summed E-state index contributed by atoms with van der Waals surface area (Å²) in [6, 6.07) is 7.31. The molecule has 1 heterocycles. The number of benzene rings is 1. The molecule has 0 aliphatic heterocycles. The Labute approximate surface area is 140 Å². The number of anilines is 1. The smallest absolute Gasteiger partial charge is 0.224 e. The van der Waals surface area contributed by atoms with Gasteiger partial charge in [-0.3, -0.25) is 9.59 Å². The molecule has 0 unspecified atom stereocenters. The van der Waals surface area contributed by atoms with Gasteiger partial charge < -0.3 is 10.6 Å². The highest BCUT2D eigenvalue weighted by Gasteiger charge is 2.15. The SMILES string of the molecule is CC(C)c1ccccc1NC(=O)CCC(=O)N[C@H](C)c1nn[nH]n1. The third kappa shape index (κ3) is 4.87. The fourth-order valence-electron chi connectivity index (χ4n) is 2.29. The van der Waals surface area contributed by atoms with E-state index in [1.807, 2.05) is 24.3 Å². The summed E-state index contributed by atoms with van der Waals surface area (Å²) < 4.78 is 0. The van der Waals surface area contributed by atoms with E-state index in [1.54, 1.807) is 6.92 Å². The molecule has 2 amide bonds. The summed E-state index contributed by atoms with van der Waals surface area (Å²) in [5.41, 5.74) is 1.86. The first-order valence-corrected chi connectivity index (χ1v) is 7.89. The minimum atomic E-state index is -0.360. The average Bonchev–Trinajstić information content (AvgIpc) is 3.08. The number of amides is 2. The molecule has 1 aromatic carbocycles. The number of aromatic amines is 1. The molecule has 1 aromatic heterocycles. The third-order valence-corrected chi connectivity index (χ3v) is 3.56. The van der Waals surface area contributed by atoms with E-state index in [4.69, 9.17) is 0 Å². The first-order chi connectivity index (χ1) is 11.5. The fourth-order valence-corrected chi connectivity index (χ4v) is 2.29. The van der Waals surface area contributed by atoms with Crippen molar-refractivity contribution in [1.82, 2.24) is 25.9 Å². The molecule has 2 aromatic rings. The van der Waals surface area contributed by atoms with Crippen molar-refractivity contribution in [3.63, 3.8) is 0 Å². The molecule has 0 aliphatic rings. The van der Waals surface area contributed by atoms with Gasteiger partial charge in [0.1, 0.15) is 0 Å². The molecule has 1 atom stereocenters. The lowest BCUT2D eigenvalue weighted by Crippen LogP contribution is -2.28. The van der Waals surface area contributed by atoms with Crippen LogP contribution in [0.5, 0.6) is 0 Å². The minimum Gasteiger partial charge on any atom is -0.346 e. The zero-order valence-electron chi connectivity index (χ0n) is 14.0. The van der Waals surface area contributed by atoms with Gasteiger partial charge in [0.2, 0.25) is 11.8 Å². The summed E-state index contributed by atoms with van der Waals surface area (Å²) in [5, 5.41) is 19.0. The quantitative estimate of drug-likeness (QED) is 0.718. The van der Waals surface area contributed by atoms with Crippen molar-refractivity contribution >= 4 is 17.5 Å². The lowest BCUT2D eigenvalue weighted by molar-refractivity contribution is -0.124. The number of carbonyl (C=O) groups excluding carboxylic acids is 2. The van der Waals surface area contributed by atoms with Crippen LogP contribution >= 0.6 is 0 Å². The molecule has 8 heteroatoms. The van der Waals surface area contributed by atoms with Gasteiger partial charge in [-0.05, 0) is 24.5 Å². The van der Waals surface area contributed by atoms with Gasteiger partial charge in [-0.1, -0.05) is 37.3 Å². The Morgan fingerprint density at radius 2 is 1.83 bits per heavy atom. The standard InChI is InChI=1S/C16H22N6O2/c1-10(2)12-6-4-5-7-13(12)18-15(24)9-8-14(23)17-11(3)16-19-21-22-20-16/h4-7,10-11H,8-9H2,1-3H3,(H,17,23)(H,18,24)(H,19,20,21,22)/t11-/m1/s1. The van der Waals surface area contributed by atoms with Crippen LogP contribution in [0.4, 0.5) is 5.69 Å². The van der Waals surface area contributed by atoms with Crippen LogP contribution in [0.15, 0.2) is 24.3 Å². The van der Waals surface area contributed by atoms with Gasteiger partial charge >= 0.3 is 0 Å². The summed E-state index contributed by atoms with van der Waals surface area (Å²) in [6.45, 7) is 5.89. The summed E-state index contributed by atoms with van der Waals surface area (Å²) in [5.74, 6) is 0.282. The first kappa shape index (κ1) is 17.6. The normalized spacial score (nSPS) is 12.0. The molecule has 0 saturated carbocycles. The van der Waals surface area contributed by atoms with Crippen molar-refractivity contribution in [2.45, 2.75) is 45.6 Å². The number of H-pyrrole nitrogens is 1. The van der Waals surface area contributed by atoms with E-state index in [2.05, 4.69) is 45.1 Å². The second kappa shape index (κ2) is 8.19. The molecule has 8 nitrogen and oxygen atoms in total. The van der Waals surface area contributed by atoms with Crippen LogP contribution < -0.4 is 10.6 Å². The fraction of sp³-hybridized carbons (Fsp3) is 0.438. The number of para-hydroxylation sites is 1. The number of tetrazole rings is 1. The topological polar surface area (TPSA) is 113 Å². The number of rotatable bonds is 7. The largest absolute Gasteiger partial charge is 0.346 e. The molecule has 0 bridgehead atoms. The molecule has 0 saturated heterocycles. The highest BCUT2D eigenvalue weighted by molar-refractivity contribution is 5.93. The maximum atomic E-state index is 12.1. The number of carbonyl (C=O) groups is 2. The van der Waals surface area contributed by atoms with Crippen molar-refractivity contribution in [2.24, 2.45) is 0 Å². The lowest BCUT2D eigenvalue weighted by atomic mass is 10.0. The van der Waals surface area contributed by atoms with Gasteiger partial charge in [-0.2, -0.15) is 5.21 Å². The molecule has 0 spiro atoms. The number of nitrogens with one attached hydrogen (secondary N) is 3. The number of hydrogen-bond donors (Lipinski definition) is 3. The van der Waals surface area contributed by atoms with Gasteiger partial charge in [0.05, 0.1) is 6.04 Å². The number of aromatic nitrogens is 4. The van der Waals surface area contributed by atoms with E-state index in [1.165, 1.54) is 0 Å². The van der Waals surface area contributed by atoms with Gasteiger partial charge in [0, 0.05) is 18.5 Å². The predicted molar refractivity (Wildman–Crippen MR) is 89.1 cm³/mol. The van der Waals surface area contributed by atoms with Crippen molar-refractivity contribution in [3.05, 3.63) is 35.7 Å². The van der Waals surface area contributed by atoms with Crippen molar-refractivity contribution in [2.75, 3.05) is 5.32 Å². The van der Waals surface area contributed by atoms with Crippen molar-refractivity contribution in [1.29, 1.82) is 0 Å². The monoisotopic (exact) mass is 330 g/mol. The summed E-state index contributed by atoms with van der Waals surface area (Å²) in [7, 11) is 0. The molecule has 24 heavy (non-hydrogen) atoms. The highest BCUT2D eigenvalue weighted by Crippen LogP contribution is 2.23. The van der Waals surface area contributed by atoms with E-state index < -0.39 is 0 Å². The van der Waals surface area contributed by atoms with Crippen LogP contribution in [-0.2, 0) is 9.59 Å². The molecular formula is C16H22N6O2.